The fourth-order valence-electron chi connectivity index (χ4n) is 2.69. The maximum absolute atomic E-state index is 4.63. The van der Waals surface area contributed by atoms with Gasteiger partial charge in [-0.05, 0) is 59.7 Å². The summed E-state index contributed by atoms with van der Waals surface area (Å²) in [4.78, 5) is 0. The van der Waals surface area contributed by atoms with E-state index >= 15 is 0 Å². The molecule has 2 aromatic heterocycles. The molecule has 0 atom stereocenters. The minimum absolute atomic E-state index is 0.699. The Kier molecular flexibility index (Phi) is 4.53. The first-order valence-electron chi connectivity index (χ1n) is 8.30. The first-order chi connectivity index (χ1) is 12.7. The van der Waals surface area contributed by atoms with Crippen molar-refractivity contribution in [3.63, 3.8) is 0 Å². The molecular formula is C19H18N6S. The van der Waals surface area contributed by atoms with Crippen molar-refractivity contribution < 1.29 is 0 Å². The van der Waals surface area contributed by atoms with E-state index in [2.05, 4.69) is 40.5 Å². The highest BCUT2D eigenvalue weighted by molar-refractivity contribution is 7.98. The molecule has 130 valence electrons. The van der Waals surface area contributed by atoms with E-state index < -0.39 is 0 Å². The molecule has 0 aliphatic carbocycles. The van der Waals surface area contributed by atoms with Gasteiger partial charge in [0, 0.05) is 11.9 Å². The van der Waals surface area contributed by atoms with Crippen molar-refractivity contribution in [3.8, 4) is 11.4 Å². The number of thioether (sulfide) groups is 1. The smallest absolute Gasteiger partial charge is 0.214 e. The largest absolute Gasteiger partial charge is 0.241 e. The number of hydrogen-bond donors (Lipinski definition) is 0. The highest BCUT2D eigenvalue weighted by atomic mass is 32.2. The van der Waals surface area contributed by atoms with E-state index in [1.807, 2.05) is 59.4 Å². The molecular weight excluding hydrogens is 344 g/mol. The van der Waals surface area contributed by atoms with Crippen LogP contribution in [0.2, 0.25) is 0 Å². The number of nitrogens with zero attached hydrogens (tertiary/aromatic N) is 6. The second-order valence-electron chi connectivity index (χ2n) is 5.97. The summed E-state index contributed by atoms with van der Waals surface area (Å²) >= 11 is 1.58. The van der Waals surface area contributed by atoms with Crippen molar-refractivity contribution in [1.82, 2.24) is 30.0 Å². The van der Waals surface area contributed by atoms with E-state index in [-0.39, 0.29) is 0 Å². The van der Waals surface area contributed by atoms with E-state index in [9.17, 15) is 0 Å². The predicted molar refractivity (Wildman–Crippen MR) is 102 cm³/mol. The number of para-hydroxylation sites is 1. The average Bonchev–Trinajstić information content (AvgIpc) is 3.32. The maximum Gasteiger partial charge on any atom is 0.214 e. The number of benzene rings is 2. The van der Waals surface area contributed by atoms with E-state index in [1.54, 1.807) is 16.4 Å². The molecule has 0 aliphatic heterocycles. The van der Waals surface area contributed by atoms with Crippen LogP contribution < -0.4 is 0 Å². The summed E-state index contributed by atoms with van der Waals surface area (Å²) in [7, 11) is 0. The van der Waals surface area contributed by atoms with Gasteiger partial charge in [0.1, 0.15) is 0 Å². The second kappa shape index (κ2) is 7.13. The number of tetrazole rings is 1. The van der Waals surface area contributed by atoms with Crippen LogP contribution >= 0.6 is 11.8 Å². The van der Waals surface area contributed by atoms with Gasteiger partial charge in [0.2, 0.25) is 5.16 Å². The summed E-state index contributed by atoms with van der Waals surface area (Å²) in [5, 5.41) is 17.6. The molecule has 0 aliphatic rings. The van der Waals surface area contributed by atoms with Crippen molar-refractivity contribution in [2.24, 2.45) is 0 Å². The molecule has 2 heterocycles. The van der Waals surface area contributed by atoms with Gasteiger partial charge in [0.05, 0.1) is 17.1 Å². The van der Waals surface area contributed by atoms with Gasteiger partial charge in [-0.1, -0.05) is 42.1 Å². The van der Waals surface area contributed by atoms with E-state index in [0.717, 1.165) is 22.2 Å². The van der Waals surface area contributed by atoms with Crippen LogP contribution in [0.25, 0.3) is 11.4 Å². The second-order valence-corrected chi connectivity index (χ2v) is 6.91. The van der Waals surface area contributed by atoms with Gasteiger partial charge in [-0.2, -0.15) is 9.78 Å². The van der Waals surface area contributed by atoms with Gasteiger partial charge in [-0.3, -0.25) is 0 Å². The molecule has 2 aromatic carbocycles. The topological polar surface area (TPSA) is 61.4 Å². The van der Waals surface area contributed by atoms with Crippen LogP contribution in [-0.4, -0.2) is 30.0 Å². The lowest BCUT2D eigenvalue weighted by molar-refractivity contribution is 0.750. The minimum Gasteiger partial charge on any atom is -0.241 e. The summed E-state index contributed by atoms with van der Waals surface area (Å²) in [5.74, 6) is 0.699. The fourth-order valence-corrected chi connectivity index (χ4v) is 3.47. The van der Waals surface area contributed by atoms with E-state index in [0.29, 0.717) is 5.75 Å². The summed E-state index contributed by atoms with van der Waals surface area (Å²) < 4.78 is 3.67. The normalized spacial score (nSPS) is 11.0. The van der Waals surface area contributed by atoms with Crippen LogP contribution in [0.5, 0.6) is 0 Å². The Balaban J connectivity index is 1.53. The number of aromatic nitrogens is 6. The van der Waals surface area contributed by atoms with Gasteiger partial charge in [0.15, 0.2) is 0 Å². The van der Waals surface area contributed by atoms with Crippen molar-refractivity contribution in [2.45, 2.75) is 24.8 Å². The molecule has 4 aromatic rings. The zero-order valence-electron chi connectivity index (χ0n) is 14.6. The van der Waals surface area contributed by atoms with Crippen LogP contribution in [0.4, 0.5) is 0 Å². The van der Waals surface area contributed by atoms with Gasteiger partial charge >= 0.3 is 0 Å². The lowest BCUT2D eigenvalue weighted by Crippen LogP contribution is -2.02. The Morgan fingerprint density at radius 3 is 2.65 bits per heavy atom. The van der Waals surface area contributed by atoms with E-state index in [4.69, 9.17) is 0 Å². The zero-order valence-corrected chi connectivity index (χ0v) is 15.4. The van der Waals surface area contributed by atoms with Gasteiger partial charge in [0.25, 0.3) is 0 Å². The average molecular weight is 362 g/mol. The molecule has 0 fully saturated rings. The van der Waals surface area contributed by atoms with Gasteiger partial charge in [-0.15, -0.1) is 5.10 Å². The van der Waals surface area contributed by atoms with Crippen LogP contribution in [0, 0.1) is 13.8 Å². The Morgan fingerprint density at radius 1 is 0.962 bits per heavy atom. The summed E-state index contributed by atoms with van der Waals surface area (Å²) in [6, 6.07) is 18.2. The lowest BCUT2D eigenvalue weighted by atomic mass is 10.1. The third-order valence-electron chi connectivity index (χ3n) is 4.26. The lowest BCUT2D eigenvalue weighted by Gasteiger charge is -2.09. The molecule has 0 saturated heterocycles. The van der Waals surface area contributed by atoms with Crippen molar-refractivity contribution >= 4 is 11.8 Å². The predicted octanol–water partition coefficient (Wildman–Crippen LogP) is 3.76. The molecule has 0 spiro atoms. The van der Waals surface area contributed by atoms with Crippen molar-refractivity contribution in [2.75, 3.05) is 0 Å². The van der Waals surface area contributed by atoms with Gasteiger partial charge in [-0.25, -0.2) is 4.68 Å². The summed E-state index contributed by atoms with van der Waals surface area (Å²) in [5.41, 5.74) is 5.43. The highest BCUT2D eigenvalue weighted by Crippen LogP contribution is 2.24. The number of aryl methyl sites for hydroxylation is 1. The fraction of sp³-hybridized carbons (Fsp3) is 0.158. The quantitative estimate of drug-likeness (QED) is 0.506. The Hall–Kier alpha value is -2.93. The molecule has 0 radical (unpaired) electrons. The van der Waals surface area contributed by atoms with Gasteiger partial charge < -0.3 is 0 Å². The van der Waals surface area contributed by atoms with Crippen molar-refractivity contribution in [1.29, 1.82) is 0 Å². The molecule has 0 bridgehead atoms. The molecule has 0 amide bonds. The van der Waals surface area contributed by atoms with E-state index in [1.165, 1.54) is 11.1 Å². The van der Waals surface area contributed by atoms with Crippen LogP contribution in [0.3, 0.4) is 0 Å². The van der Waals surface area contributed by atoms with Crippen molar-refractivity contribution in [3.05, 3.63) is 77.6 Å². The molecule has 4 rings (SSSR count). The summed E-state index contributed by atoms with van der Waals surface area (Å²) in [6.07, 6.45) is 1.97. The Labute approximate surface area is 155 Å². The van der Waals surface area contributed by atoms with Crippen LogP contribution in [-0.2, 0) is 5.75 Å². The molecule has 26 heavy (non-hydrogen) atoms. The Morgan fingerprint density at radius 2 is 1.81 bits per heavy atom. The highest BCUT2D eigenvalue weighted by Gasteiger charge is 2.13. The SMILES string of the molecule is Cc1cccc(-n2nnnc2SCc2ccn(-c3ccccc3)n2)c1C. The number of hydrogen-bond acceptors (Lipinski definition) is 5. The summed E-state index contributed by atoms with van der Waals surface area (Å²) in [6.45, 7) is 4.18. The third-order valence-corrected chi connectivity index (χ3v) is 5.21. The Bertz CT molecular complexity index is 1020. The molecule has 7 heteroatoms. The monoisotopic (exact) mass is 362 g/mol. The first kappa shape index (κ1) is 16.5. The maximum atomic E-state index is 4.63. The molecule has 0 N–H and O–H groups in total. The van der Waals surface area contributed by atoms with Crippen LogP contribution in [0.1, 0.15) is 16.8 Å². The third kappa shape index (κ3) is 3.25. The molecule has 6 nitrogen and oxygen atoms in total. The minimum atomic E-state index is 0.699. The molecule has 0 unspecified atom stereocenters. The number of rotatable bonds is 5. The first-order valence-corrected chi connectivity index (χ1v) is 9.28. The molecule has 0 saturated carbocycles. The van der Waals surface area contributed by atoms with Crippen LogP contribution in [0.15, 0.2) is 66.0 Å². The zero-order chi connectivity index (χ0) is 17.9. The standard InChI is InChI=1S/C19H18N6S/c1-14-7-6-10-18(15(14)2)25-19(20-22-23-25)26-13-16-11-12-24(21-16)17-8-4-3-5-9-17/h3-12H,13H2,1-2H3.